The summed E-state index contributed by atoms with van der Waals surface area (Å²) in [6.45, 7) is -1.71. The predicted octanol–water partition coefficient (Wildman–Crippen LogP) is 3.48. The molecule has 0 saturated heterocycles. The maximum absolute atomic E-state index is 12.9. The van der Waals surface area contributed by atoms with E-state index < -0.39 is 45.0 Å². The number of non-ortho nitro benzene ring substituents is 1. The molecule has 0 aliphatic carbocycles. The first-order valence-electron chi connectivity index (χ1n) is 6.74. The first kappa shape index (κ1) is 19.4. The zero-order valence-electron chi connectivity index (χ0n) is 12.7. The highest BCUT2D eigenvalue weighted by Gasteiger charge is 2.29. The van der Waals surface area contributed by atoms with E-state index in [-0.39, 0.29) is 10.6 Å². The van der Waals surface area contributed by atoms with Gasteiger partial charge >= 0.3 is 6.18 Å². The Bertz CT molecular complexity index is 914. The summed E-state index contributed by atoms with van der Waals surface area (Å²) in [7, 11) is -4.25. The van der Waals surface area contributed by atoms with Crippen molar-refractivity contribution in [3.8, 4) is 5.75 Å². The Morgan fingerprint density at radius 2 is 1.73 bits per heavy atom. The van der Waals surface area contributed by atoms with Crippen LogP contribution in [-0.2, 0) is 10.0 Å². The van der Waals surface area contributed by atoms with Crippen molar-refractivity contribution in [1.82, 2.24) is 0 Å². The molecular weight excluding hydrogens is 384 g/mol. The highest BCUT2D eigenvalue weighted by atomic mass is 32.2. The maximum Gasteiger partial charge on any atom is 0.422 e. The molecule has 0 bridgehead atoms. The van der Waals surface area contributed by atoms with Crippen molar-refractivity contribution in [1.29, 1.82) is 0 Å². The number of sulfonamides is 1. The van der Waals surface area contributed by atoms with Gasteiger partial charge in [-0.15, -0.1) is 0 Å². The standard InChI is InChI=1S/C14H10F4N2O5S/c15-9-1-3-13(4-2-9)26(23,24)19-10-5-11(20(21)22)7-12(6-10)25-8-14(16,17)18/h1-7,19H,8H2. The summed E-state index contributed by atoms with van der Waals surface area (Å²) in [5.74, 6) is -1.23. The van der Waals surface area contributed by atoms with Gasteiger partial charge in [-0.05, 0) is 24.3 Å². The highest BCUT2D eigenvalue weighted by Crippen LogP contribution is 2.29. The van der Waals surface area contributed by atoms with Crippen molar-refractivity contribution in [3.05, 3.63) is 58.4 Å². The molecule has 12 heteroatoms. The lowest BCUT2D eigenvalue weighted by atomic mass is 10.2. The van der Waals surface area contributed by atoms with E-state index in [4.69, 9.17) is 0 Å². The maximum atomic E-state index is 12.9. The van der Waals surface area contributed by atoms with Crippen LogP contribution in [0.2, 0.25) is 0 Å². The Morgan fingerprint density at radius 1 is 1.12 bits per heavy atom. The molecule has 0 unspecified atom stereocenters. The molecule has 0 fully saturated rings. The van der Waals surface area contributed by atoms with Crippen LogP contribution >= 0.6 is 0 Å². The largest absolute Gasteiger partial charge is 0.484 e. The van der Waals surface area contributed by atoms with E-state index in [1.165, 1.54) is 0 Å². The first-order valence-corrected chi connectivity index (χ1v) is 8.22. The zero-order valence-corrected chi connectivity index (χ0v) is 13.5. The molecule has 0 spiro atoms. The molecule has 0 aliphatic rings. The minimum absolute atomic E-state index is 0.344. The number of nitrogens with zero attached hydrogens (tertiary/aromatic N) is 1. The van der Waals surface area contributed by atoms with E-state index in [0.29, 0.717) is 0 Å². The zero-order chi connectivity index (χ0) is 19.5. The Balaban J connectivity index is 2.34. The molecule has 0 saturated carbocycles. The number of rotatable bonds is 6. The van der Waals surface area contributed by atoms with Crippen LogP contribution in [0.25, 0.3) is 0 Å². The minimum atomic E-state index is -4.68. The second-order valence-corrected chi connectivity index (χ2v) is 6.62. The van der Waals surface area contributed by atoms with Crippen LogP contribution in [0.5, 0.6) is 5.75 Å². The fourth-order valence-electron chi connectivity index (χ4n) is 1.82. The number of ether oxygens (including phenoxy) is 1. The topological polar surface area (TPSA) is 98.5 Å². The monoisotopic (exact) mass is 394 g/mol. The van der Waals surface area contributed by atoms with Gasteiger partial charge in [-0.3, -0.25) is 14.8 Å². The number of anilines is 1. The number of nitrogens with one attached hydrogen (secondary N) is 1. The third-order valence-electron chi connectivity index (χ3n) is 2.88. The lowest BCUT2D eigenvalue weighted by Crippen LogP contribution is -2.19. The average Bonchev–Trinajstić information content (AvgIpc) is 2.52. The third kappa shape index (κ3) is 5.31. The first-order chi connectivity index (χ1) is 12.0. The number of hydrogen-bond acceptors (Lipinski definition) is 5. The lowest BCUT2D eigenvalue weighted by Gasteiger charge is -2.12. The summed E-state index contributed by atoms with van der Waals surface area (Å²) in [4.78, 5) is 9.62. The molecule has 2 rings (SSSR count). The Morgan fingerprint density at radius 3 is 2.27 bits per heavy atom. The molecule has 2 aromatic carbocycles. The van der Waals surface area contributed by atoms with E-state index in [2.05, 4.69) is 4.74 Å². The molecule has 0 radical (unpaired) electrons. The van der Waals surface area contributed by atoms with Crippen LogP contribution < -0.4 is 9.46 Å². The highest BCUT2D eigenvalue weighted by molar-refractivity contribution is 7.92. The second kappa shape index (κ2) is 7.15. The number of alkyl halides is 3. The van der Waals surface area contributed by atoms with Gasteiger partial charge in [0.15, 0.2) is 6.61 Å². The molecule has 0 aliphatic heterocycles. The summed E-state index contributed by atoms with van der Waals surface area (Å²) in [6.07, 6.45) is -4.68. The predicted molar refractivity (Wildman–Crippen MR) is 81.9 cm³/mol. The molecule has 140 valence electrons. The Hall–Kier alpha value is -2.89. The van der Waals surface area contributed by atoms with Gasteiger partial charge in [0.25, 0.3) is 15.7 Å². The summed E-state index contributed by atoms with van der Waals surface area (Å²) in [6, 6.07) is 6.08. The number of nitro groups is 1. The molecule has 7 nitrogen and oxygen atoms in total. The second-order valence-electron chi connectivity index (χ2n) is 4.94. The van der Waals surface area contributed by atoms with Crippen molar-refractivity contribution >= 4 is 21.4 Å². The van der Waals surface area contributed by atoms with Crippen LogP contribution in [0.4, 0.5) is 28.9 Å². The van der Waals surface area contributed by atoms with E-state index in [0.717, 1.165) is 42.5 Å². The van der Waals surface area contributed by atoms with Gasteiger partial charge in [0, 0.05) is 12.1 Å². The van der Waals surface area contributed by atoms with Crippen LogP contribution in [0.1, 0.15) is 0 Å². The van der Waals surface area contributed by atoms with Gasteiger partial charge < -0.3 is 4.74 Å². The van der Waals surface area contributed by atoms with E-state index in [1.807, 2.05) is 4.72 Å². The number of benzene rings is 2. The van der Waals surface area contributed by atoms with Crippen molar-refractivity contribution in [2.45, 2.75) is 11.1 Å². The van der Waals surface area contributed by atoms with Gasteiger partial charge in [-0.25, -0.2) is 12.8 Å². The van der Waals surface area contributed by atoms with Gasteiger partial charge in [0.2, 0.25) is 0 Å². The van der Waals surface area contributed by atoms with Crippen LogP contribution in [0, 0.1) is 15.9 Å². The van der Waals surface area contributed by atoms with E-state index in [1.54, 1.807) is 0 Å². The Labute approximate surface area is 144 Å². The average molecular weight is 394 g/mol. The quantitative estimate of drug-likeness (QED) is 0.460. The normalized spacial score (nSPS) is 11.8. The number of nitro benzene ring substituents is 1. The molecule has 0 aromatic heterocycles. The van der Waals surface area contributed by atoms with Crippen molar-refractivity contribution in [3.63, 3.8) is 0 Å². The fourth-order valence-corrected chi connectivity index (χ4v) is 2.86. The Kier molecular flexibility index (Phi) is 5.35. The smallest absolute Gasteiger partial charge is 0.422 e. The molecule has 1 N–H and O–H groups in total. The summed E-state index contributed by atoms with van der Waals surface area (Å²) >= 11 is 0. The fraction of sp³-hybridized carbons (Fsp3) is 0.143. The summed E-state index contributed by atoms with van der Waals surface area (Å²) < 4.78 is 80.3. The summed E-state index contributed by atoms with van der Waals surface area (Å²) in [5.41, 5.74) is -1.07. The SMILES string of the molecule is O=[N+]([O-])c1cc(NS(=O)(=O)c2ccc(F)cc2)cc(OCC(F)(F)F)c1. The van der Waals surface area contributed by atoms with Crippen molar-refractivity contribution < 1.29 is 35.6 Å². The molecule has 0 atom stereocenters. The van der Waals surface area contributed by atoms with Gasteiger partial charge in [-0.2, -0.15) is 13.2 Å². The third-order valence-corrected chi connectivity index (χ3v) is 4.28. The molecule has 0 heterocycles. The minimum Gasteiger partial charge on any atom is -0.484 e. The van der Waals surface area contributed by atoms with Crippen molar-refractivity contribution in [2.75, 3.05) is 11.3 Å². The molecular formula is C14H10F4N2O5S. The van der Waals surface area contributed by atoms with Gasteiger partial charge in [0.1, 0.15) is 11.6 Å². The van der Waals surface area contributed by atoms with Crippen LogP contribution in [0.3, 0.4) is 0 Å². The van der Waals surface area contributed by atoms with Crippen LogP contribution in [0.15, 0.2) is 47.4 Å². The lowest BCUT2D eigenvalue weighted by molar-refractivity contribution is -0.384. The molecule has 26 heavy (non-hydrogen) atoms. The summed E-state index contributed by atoms with van der Waals surface area (Å²) in [5, 5.41) is 10.9. The van der Waals surface area contributed by atoms with E-state index >= 15 is 0 Å². The molecule has 0 amide bonds. The van der Waals surface area contributed by atoms with Crippen molar-refractivity contribution in [2.24, 2.45) is 0 Å². The number of hydrogen-bond donors (Lipinski definition) is 1. The van der Waals surface area contributed by atoms with E-state index in [9.17, 15) is 36.1 Å². The molecule has 2 aromatic rings. The van der Waals surface area contributed by atoms with Gasteiger partial charge in [-0.1, -0.05) is 0 Å². The van der Waals surface area contributed by atoms with Crippen LogP contribution in [-0.4, -0.2) is 26.1 Å². The number of halogens is 4. The van der Waals surface area contributed by atoms with Gasteiger partial charge in [0.05, 0.1) is 21.6 Å².